The predicted octanol–water partition coefficient (Wildman–Crippen LogP) is 1.69. The molecule has 2 aromatic heterocycles. The van der Waals surface area contributed by atoms with Gasteiger partial charge < -0.3 is 5.32 Å². The molecule has 0 aromatic carbocycles. The molecule has 4 heteroatoms. The predicted molar refractivity (Wildman–Crippen MR) is 67.7 cm³/mol. The average molecular weight is 230 g/mol. The number of nitrogens with zero attached hydrogens (tertiary/aromatic N) is 3. The third-order valence-corrected chi connectivity index (χ3v) is 3.02. The number of aryl methyl sites for hydroxylation is 2. The van der Waals surface area contributed by atoms with Gasteiger partial charge in [0, 0.05) is 19.4 Å². The summed E-state index contributed by atoms with van der Waals surface area (Å²) in [5.41, 5.74) is 3.48. The molecule has 0 radical (unpaired) electrons. The summed E-state index contributed by atoms with van der Waals surface area (Å²) in [6.07, 6.45) is 4.64. The summed E-state index contributed by atoms with van der Waals surface area (Å²) < 4.78 is 1.88. The molecular formula is C13H18N4. The maximum atomic E-state index is 4.51. The van der Waals surface area contributed by atoms with E-state index in [0.717, 1.165) is 17.8 Å². The first kappa shape index (κ1) is 11.8. The van der Waals surface area contributed by atoms with Crippen LogP contribution in [0.2, 0.25) is 0 Å². The Bertz CT molecular complexity index is 490. The van der Waals surface area contributed by atoms with Crippen molar-refractivity contribution in [1.82, 2.24) is 20.1 Å². The van der Waals surface area contributed by atoms with Gasteiger partial charge in [0.15, 0.2) is 0 Å². The number of hydrogen-bond donors (Lipinski definition) is 1. The molecule has 0 bridgehead atoms. The van der Waals surface area contributed by atoms with Gasteiger partial charge in [0.1, 0.15) is 0 Å². The number of rotatable bonds is 4. The minimum atomic E-state index is 0.0960. The fourth-order valence-electron chi connectivity index (χ4n) is 2.10. The Morgan fingerprint density at radius 2 is 2.18 bits per heavy atom. The highest BCUT2D eigenvalue weighted by Crippen LogP contribution is 2.22. The van der Waals surface area contributed by atoms with Gasteiger partial charge in [-0.15, -0.1) is 0 Å². The fraction of sp³-hybridized carbons (Fsp3) is 0.385. The van der Waals surface area contributed by atoms with E-state index < -0.39 is 0 Å². The van der Waals surface area contributed by atoms with E-state index in [0.29, 0.717) is 0 Å². The van der Waals surface area contributed by atoms with E-state index in [1.54, 1.807) is 0 Å². The molecule has 17 heavy (non-hydrogen) atoms. The Hall–Kier alpha value is -1.68. The SMILES string of the molecule is CCc1cccnc1C(NC)c1ccnn1C. The van der Waals surface area contributed by atoms with Crippen molar-refractivity contribution in [2.24, 2.45) is 7.05 Å². The first-order chi connectivity index (χ1) is 8.27. The minimum absolute atomic E-state index is 0.0960. The van der Waals surface area contributed by atoms with Crippen molar-refractivity contribution in [2.45, 2.75) is 19.4 Å². The van der Waals surface area contributed by atoms with Crippen LogP contribution in [0, 0.1) is 0 Å². The molecule has 2 rings (SSSR count). The van der Waals surface area contributed by atoms with E-state index in [4.69, 9.17) is 0 Å². The monoisotopic (exact) mass is 230 g/mol. The third-order valence-electron chi connectivity index (χ3n) is 3.02. The van der Waals surface area contributed by atoms with Crippen LogP contribution >= 0.6 is 0 Å². The van der Waals surface area contributed by atoms with Gasteiger partial charge >= 0.3 is 0 Å². The largest absolute Gasteiger partial charge is 0.307 e. The Morgan fingerprint density at radius 1 is 1.35 bits per heavy atom. The van der Waals surface area contributed by atoms with Crippen LogP contribution in [0.3, 0.4) is 0 Å². The second-order valence-electron chi connectivity index (χ2n) is 4.00. The number of nitrogens with one attached hydrogen (secondary N) is 1. The zero-order chi connectivity index (χ0) is 12.3. The molecule has 0 spiro atoms. The zero-order valence-electron chi connectivity index (χ0n) is 10.5. The van der Waals surface area contributed by atoms with Gasteiger partial charge in [0.25, 0.3) is 0 Å². The summed E-state index contributed by atoms with van der Waals surface area (Å²) >= 11 is 0. The minimum Gasteiger partial charge on any atom is -0.307 e. The van der Waals surface area contributed by atoms with Gasteiger partial charge in [-0.3, -0.25) is 9.67 Å². The molecule has 2 aromatic rings. The van der Waals surface area contributed by atoms with E-state index >= 15 is 0 Å². The Balaban J connectivity index is 2.46. The molecule has 0 amide bonds. The number of hydrogen-bond acceptors (Lipinski definition) is 3. The molecule has 0 fully saturated rings. The van der Waals surface area contributed by atoms with Crippen LogP contribution in [0.5, 0.6) is 0 Å². The zero-order valence-corrected chi connectivity index (χ0v) is 10.5. The Labute approximate surface area is 102 Å². The van der Waals surface area contributed by atoms with Crippen LogP contribution in [-0.4, -0.2) is 21.8 Å². The lowest BCUT2D eigenvalue weighted by atomic mass is 10.0. The van der Waals surface area contributed by atoms with Gasteiger partial charge in [-0.05, 0) is 31.2 Å². The first-order valence-electron chi connectivity index (χ1n) is 5.86. The highest BCUT2D eigenvalue weighted by atomic mass is 15.3. The lowest BCUT2D eigenvalue weighted by Crippen LogP contribution is -2.23. The lowest BCUT2D eigenvalue weighted by Gasteiger charge is -2.18. The van der Waals surface area contributed by atoms with E-state index in [9.17, 15) is 0 Å². The fourth-order valence-corrected chi connectivity index (χ4v) is 2.10. The number of aromatic nitrogens is 3. The molecule has 0 aliphatic rings. The summed E-state index contributed by atoms with van der Waals surface area (Å²) in [4.78, 5) is 4.51. The summed E-state index contributed by atoms with van der Waals surface area (Å²) in [6.45, 7) is 2.15. The van der Waals surface area contributed by atoms with E-state index in [1.165, 1.54) is 5.56 Å². The van der Waals surface area contributed by atoms with Crippen molar-refractivity contribution in [3.63, 3.8) is 0 Å². The lowest BCUT2D eigenvalue weighted by molar-refractivity contribution is 0.589. The maximum absolute atomic E-state index is 4.51. The van der Waals surface area contributed by atoms with Crippen molar-refractivity contribution in [3.05, 3.63) is 47.5 Å². The van der Waals surface area contributed by atoms with Crippen molar-refractivity contribution >= 4 is 0 Å². The molecule has 90 valence electrons. The molecule has 1 N–H and O–H groups in total. The van der Waals surface area contributed by atoms with Crippen molar-refractivity contribution in [3.8, 4) is 0 Å². The molecule has 0 saturated heterocycles. The number of pyridine rings is 1. The highest BCUT2D eigenvalue weighted by Gasteiger charge is 2.18. The van der Waals surface area contributed by atoms with E-state index in [-0.39, 0.29) is 6.04 Å². The first-order valence-corrected chi connectivity index (χ1v) is 5.86. The smallest absolute Gasteiger partial charge is 0.0922 e. The summed E-state index contributed by atoms with van der Waals surface area (Å²) in [6, 6.07) is 6.23. The molecule has 4 nitrogen and oxygen atoms in total. The summed E-state index contributed by atoms with van der Waals surface area (Å²) in [7, 11) is 3.90. The van der Waals surface area contributed by atoms with Gasteiger partial charge in [-0.2, -0.15) is 5.10 Å². The molecule has 0 saturated carbocycles. The van der Waals surface area contributed by atoms with Crippen molar-refractivity contribution < 1.29 is 0 Å². The van der Waals surface area contributed by atoms with Crippen molar-refractivity contribution in [1.29, 1.82) is 0 Å². The third kappa shape index (κ3) is 2.22. The van der Waals surface area contributed by atoms with Crippen LogP contribution in [0.4, 0.5) is 0 Å². The Morgan fingerprint density at radius 3 is 2.76 bits per heavy atom. The van der Waals surface area contributed by atoms with Gasteiger partial charge in [-0.25, -0.2) is 0 Å². The van der Waals surface area contributed by atoms with Crippen LogP contribution < -0.4 is 5.32 Å². The topological polar surface area (TPSA) is 42.7 Å². The van der Waals surface area contributed by atoms with Crippen LogP contribution in [-0.2, 0) is 13.5 Å². The second-order valence-corrected chi connectivity index (χ2v) is 4.00. The van der Waals surface area contributed by atoms with Crippen LogP contribution in [0.1, 0.15) is 29.9 Å². The van der Waals surface area contributed by atoms with Gasteiger partial charge in [0.2, 0.25) is 0 Å². The molecule has 1 unspecified atom stereocenters. The maximum Gasteiger partial charge on any atom is 0.0922 e. The van der Waals surface area contributed by atoms with Gasteiger partial charge in [0.05, 0.1) is 17.4 Å². The Kier molecular flexibility index (Phi) is 3.54. The van der Waals surface area contributed by atoms with E-state index in [1.807, 2.05) is 43.3 Å². The second kappa shape index (κ2) is 5.10. The van der Waals surface area contributed by atoms with Gasteiger partial charge in [-0.1, -0.05) is 13.0 Å². The summed E-state index contributed by atoms with van der Waals surface area (Å²) in [5.74, 6) is 0. The quantitative estimate of drug-likeness (QED) is 0.869. The molecule has 0 aliphatic heterocycles. The van der Waals surface area contributed by atoms with Crippen LogP contribution in [0.15, 0.2) is 30.6 Å². The van der Waals surface area contributed by atoms with Crippen molar-refractivity contribution in [2.75, 3.05) is 7.05 Å². The average Bonchev–Trinajstić information content (AvgIpc) is 2.78. The molecule has 1 atom stereocenters. The molecule has 0 aliphatic carbocycles. The summed E-state index contributed by atoms with van der Waals surface area (Å²) in [5, 5.41) is 7.53. The molecular weight excluding hydrogens is 212 g/mol. The highest BCUT2D eigenvalue weighted by molar-refractivity contribution is 5.29. The molecule has 2 heterocycles. The normalized spacial score (nSPS) is 12.6. The van der Waals surface area contributed by atoms with Crippen LogP contribution in [0.25, 0.3) is 0 Å². The standard InChI is InChI=1S/C13H18N4/c1-4-10-6-5-8-15-12(10)13(14-2)11-7-9-16-17(11)3/h5-9,13-14H,4H2,1-3H3. The van der Waals surface area contributed by atoms with E-state index in [2.05, 4.69) is 28.4 Å².